The summed E-state index contributed by atoms with van der Waals surface area (Å²) in [6.45, 7) is 3.23. The minimum absolute atomic E-state index is 0.00974. The van der Waals surface area contributed by atoms with E-state index in [0.29, 0.717) is 19.0 Å². The summed E-state index contributed by atoms with van der Waals surface area (Å²) >= 11 is 0. The van der Waals surface area contributed by atoms with Crippen molar-refractivity contribution in [2.45, 2.75) is 45.1 Å². The highest BCUT2D eigenvalue weighted by molar-refractivity contribution is 5.78. The van der Waals surface area contributed by atoms with Crippen LogP contribution in [0.15, 0.2) is 0 Å². The average Bonchev–Trinajstić information content (AvgIpc) is 2.70. The van der Waals surface area contributed by atoms with Crippen molar-refractivity contribution in [2.24, 2.45) is 5.41 Å². The molecule has 0 aromatic carbocycles. The molecule has 0 aromatic rings. The second kappa shape index (κ2) is 5.69. The molecular weight excluding hydrogens is 232 g/mol. The maximum Gasteiger partial charge on any atom is 0.313 e. The van der Waals surface area contributed by atoms with Crippen LogP contribution in [0.4, 0.5) is 0 Å². The van der Waals surface area contributed by atoms with Crippen molar-refractivity contribution in [1.82, 2.24) is 10.6 Å². The number of amides is 1. The third-order valence-corrected chi connectivity index (χ3v) is 3.99. The largest absolute Gasteiger partial charge is 0.463 e. The Morgan fingerprint density at radius 2 is 2.33 bits per heavy atom. The summed E-state index contributed by atoms with van der Waals surface area (Å²) in [6.07, 6.45) is 4.56. The van der Waals surface area contributed by atoms with Gasteiger partial charge in [0.25, 0.3) is 0 Å². The number of esters is 1. The molecule has 2 unspecified atom stereocenters. The van der Waals surface area contributed by atoms with Gasteiger partial charge in [0, 0.05) is 19.0 Å². The zero-order valence-corrected chi connectivity index (χ0v) is 11.0. The number of carbonyl (C=O) groups excluding carboxylic acids is 2. The smallest absolute Gasteiger partial charge is 0.313 e. The number of hydrogen-bond donors (Lipinski definition) is 2. The first-order valence-corrected chi connectivity index (χ1v) is 6.83. The fourth-order valence-corrected chi connectivity index (χ4v) is 2.91. The highest BCUT2D eigenvalue weighted by atomic mass is 16.5. The van der Waals surface area contributed by atoms with Gasteiger partial charge >= 0.3 is 5.97 Å². The zero-order valence-electron chi connectivity index (χ0n) is 11.0. The molecule has 1 heterocycles. The molecule has 1 aliphatic heterocycles. The molecule has 2 rings (SSSR count). The summed E-state index contributed by atoms with van der Waals surface area (Å²) in [4.78, 5) is 23.1. The Hall–Kier alpha value is -1.10. The summed E-state index contributed by atoms with van der Waals surface area (Å²) in [5, 5.41) is 6.09. The van der Waals surface area contributed by atoms with Crippen LogP contribution in [0.3, 0.4) is 0 Å². The summed E-state index contributed by atoms with van der Waals surface area (Å²) in [5.41, 5.74) is -0.294. The predicted molar refractivity (Wildman–Crippen MR) is 67.0 cm³/mol. The van der Waals surface area contributed by atoms with Gasteiger partial charge in [-0.15, -0.1) is 0 Å². The Bertz CT molecular complexity index is 328. The second-order valence-electron chi connectivity index (χ2n) is 5.29. The molecule has 2 atom stereocenters. The van der Waals surface area contributed by atoms with E-state index in [4.69, 9.17) is 4.74 Å². The number of fused-ring (bicyclic) bond motifs is 2. The van der Waals surface area contributed by atoms with Gasteiger partial charge in [-0.2, -0.15) is 0 Å². The van der Waals surface area contributed by atoms with Gasteiger partial charge in [0.05, 0.1) is 12.0 Å². The number of ether oxygens (including phenoxy) is 1. The lowest BCUT2D eigenvalue weighted by atomic mass is 9.76. The van der Waals surface area contributed by atoms with Gasteiger partial charge in [-0.1, -0.05) is 13.3 Å². The van der Waals surface area contributed by atoms with Gasteiger partial charge in [0.2, 0.25) is 5.91 Å². The molecule has 2 aliphatic rings. The summed E-state index contributed by atoms with van der Waals surface area (Å²) in [7, 11) is 0. The van der Waals surface area contributed by atoms with Crippen molar-refractivity contribution in [2.75, 3.05) is 19.7 Å². The van der Waals surface area contributed by atoms with E-state index in [-0.39, 0.29) is 23.9 Å². The van der Waals surface area contributed by atoms with Gasteiger partial charge < -0.3 is 15.4 Å². The van der Waals surface area contributed by atoms with Crippen molar-refractivity contribution in [3.8, 4) is 0 Å². The lowest BCUT2D eigenvalue weighted by molar-refractivity contribution is -0.156. The van der Waals surface area contributed by atoms with Gasteiger partial charge in [0.1, 0.15) is 6.61 Å². The molecule has 2 fully saturated rings. The normalized spacial score (nSPS) is 29.9. The van der Waals surface area contributed by atoms with E-state index in [9.17, 15) is 9.59 Å². The van der Waals surface area contributed by atoms with E-state index in [1.807, 2.05) is 0 Å². The van der Waals surface area contributed by atoms with E-state index in [1.54, 1.807) is 6.92 Å². The van der Waals surface area contributed by atoms with Crippen LogP contribution >= 0.6 is 0 Å². The predicted octanol–water partition coefficient (Wildman–Crippen LogP) is 0.588. The van der Waals surface area contributed by atoms with E-state index in [0.717, 1.165) is 25.8 Å². The molecule has 1 amide bonds. The number of rotatable bonds is 5. The highest BCUT2D eigenvalue weighted by Crippen LogP contribution is 2.41. The van der Waals surface area contributed by atoms with Crippen molar-refractivity contribution < 1.29 is 14.3 Å². The van der Waals surface area contributed by atoms with Gasteiger partial charge in [-0.05, 0) is 19.3 Å². The Kier molecular flexibility index (Phi) is 4.22. The molecule has 0 aromatic heterocycles. The monoisotopic (exact) mass is 254 g/mol. The zero-order chi connectivity index (χ0) is 13.0. The molecular formula is C13H22N2O3. The van der Waals surface area contributed by atoms with Gasteiger partial charge in [0.15, 0.2) is 0 Å². The van der Waals surface area contributed by atoms with Gasteiger partial charge in [-0.25, -0.2) is 0 Å². The Morgan fingerprint density at radius 1 is 1.50 bits per heavy atom. The fraction of sp³-hybridized carbons (Fsp3) is 0.846. The Labute approximate surface area is 108 Å². The maximum absolute atomic E-state index is 12.1. The van der Waals surface area contributed by atoms with Gasteiger partial charge in [-0.3, -0.25) is 9.59 Å². The summed E-state index contributed by atoms with van der Waals surface area (Å²) in [6, 6.07) is 0.492. The lowest BCUT2D eigenvalue weighted by Gasteiger charge is -2.29. The maximum atomic E-state index is 12.1. The minimum Gasteiger partial charge on any atom is -0.463 e. The molecule has 0 radical (unpaired) electrons. The molecule has 2 N–H and O–H groups in total. The van der Waals surface area contributed by atoms with Crippen LogP contribution in [0.25, 0.3) is 0 Å². The molecule has 5 heteroatoms. The summed E-state index contributed by atoms with van der Waals surface area (Å²) < 4.78 is 5.30. The third-order valence-electron chi connectivity index (χ3n) is 3.99. The van der Waals surface area contributed by atoms with Crippen LogP contribution in [0.2, 0.25) is 0 Å². The first kappa shape index (κ1) is 13.3. The van der Waals surface area contributed by atoms with Crippen molar-refractivity contribution in [3.05, 3.63) is 0 Å². The van der Waals surface area contributed by atoms with Crippen LogP contribution in [-0.4, -0.2) is 37.6 Å². The molecule has 102 valence electrons. The van der Waals surface area contributed by atoms with E-state index in [2.05, 4.69) is 10.6 Å². The number of carbonyl (C=O) groups is 2. The SMILES string of the molecule is CCC(=O)NCCOC(=O)C12CCCC(C1)NC2. The molecule has 2 bridgehead atoms. The van der Waals surface area contributed by atoms with E-state index >= 15 is 0 Å². The Morgan fingerprint density at radius 3 is 3.11 bits per heavy atom. The third kappa shape index (κ3) is 2.83. The fourth-order valence-electron chi connectivity index (χ4n) is 2.91. The molecule has 0 spiro atoms. The molecule has 1 aliphatic carbocycles. The lowest BCUT2D eigenvalue weighted by Crippen LogP contribution is -2.37. The quantitative estimate of drug-likeness (QED) is 0.556. The average molecular weight is 254 g/mol. The Balaban J connectivity index is 1.73. The second-order valence-corrected chi connectivity index (χ2v) is 5.29. The molecule has 18 heavy (non-hydrogen) atoms. The molecule has 1 saturated carbocycles. The van der Waals surface area contributed by atoms with E-state index < -0.39 is 0 Å². The van der Waals surface area contributed by atoms with Crippen LogP contribution in [0.1, 0.15) is 39.0 Å². The van der Waals surface area contributed by atoms with Crippen LogP contribution < -0.4 is 10.6 Å². The first-order chi connectivity index (χ1) is 8.66. The van der Waals surface area contributed by atoms with E-state index in [1.165, 1.54) is 6.42 Å². The first-order valence-electron chi connectivity index (χ1n) is 6.83. The standard InChI is InChI=1S/C13H22N2O3/c1-2-11(16)14-6-7-18-12(17)13-5-3-4-10(8-13)15-9-13/h10,15H,2-9H2,1H3,(H,14,16). The molecule has 1 saturated heterocycles. The van der Waals surface area contributed by atoms with Crippen molar-refractivity contribution in [3.63, 3.8) is 0 Å². The highest BCUT2D eigenvalue weighted by Gasteiger charge is 2.48. The van der Waals surface area contributed by atoms with Crippen molar-refractivity contribution >= 4 is 11.9 Å². The van der Waals surface area contributed by atoms with Crippen molar-refractivity contribution in [1.29, 1.82) is 0 Å². The number of nitrogens with one attached hydrogen (secondary N) is 2. The van der Waals surface area contributed by atoms with Crippen LogP contribution in [-0.2, 0) is 14.3 Å². The van der Waals surface area contributed by atoms with Crippen LogP contribution in [0.5, 0.6) is 0 Å². The molecule has 5 nitrogen and oxygen atoms in total. The summed E-state index contributed by atoms with van der Waals surface area (Å²) in [5.74, 6) is -0.104. The van der Waals surface area contributed by atoms with Crippen LogP contribution in [0, 0.1) is 5.41 Å². The topological polar surface area (TPSA) is 67.4 Å². The minimum atomic E-state index is -0.294. The number of hydrogen-bond acceptors (Lipinski definition) is 4.